The first kappa shape index (κ1) is 10.4. The van der Waals surface area contributed by atoms with Crippen molar-refractivity contribution in [2.24, 2.45) is 5.73 Å². The highest BCUT2D eigenvalue weighted by molar-refractivity contribution is 9.10. The molecular formula is C12H14BrNO2. The Morgan fingerprint density at radius 2 is 2.12 bits per heavy atom. The van der Waals surface area contributed by atoms with Gasteiger partial charge in [0, 0.05) is 11.5 Å². The SMILES string of the molecule is CC(N)C1(c2cc(Br)c3c(c2)OCO3)CC1. The Kier molecular flexibility index (Phi) is 2.20. The molecule has 1 aromatic carbocycles. The third-order valence-electron chi connectivity index (χ3n) is 3.66. The van der Waals surface area contributed by atoms with Gasteiger partial charge in [-0.2, -0.15) is 0 Å². The Labute approximate surface area is 103 Å². The minimum atomic E-state index is 0.156. The molecule has 1 aliphatic carbocycles. The number of benzene rings is 1. The second-order valence-electron chi connectivity index (χ2n) is 4.64. The molecule has 0 spiro atoms. The molecule has 0 aromatic heterocycles. The van der Waals surface area contributed by atoms with Gasteiger partial charge in [-0.05, 0) is 53.4 Å². The van der Waals surface area contributed by atoms with Crippen molar-refractivity contribution in [2.75, 3.05) is 6.79 Å². The number of ether oxygens (including phenoxy) is 2. The Balaban J connectivity index is 2.07. The second-order valence-corrected chi connectivity index (χ2v) is 5.49. The van der Waals surface area contributed by atoms with Crippen LogP contribution in [0.15, 0.2) is 16.6 Å². The molecule has 16 heavy (non-hydrogen) atoms. The zero-order valence-corrected chi connectivity index (χ0v) is 10.7. The van der Waals surface area contributed by atoms with Gasteiger partial charge < -0.3 is 15.2 Å². The first-order chi connectivity index (χ1) is 7.63. The number of rotatable bonds is 2. The monoisotopic (exact) mass is 283 g/mol. The largest absolute Gasteiger partial charge is 0.454 e. The fourth-order valence-electron chi connectivity index (χ4n) is 2.40. The minimum Gasteiger partial charge on any atom is -0.454 e. The molecule has 1 heterocycles. The first-order valence-corrected chi connectivity index (χ1v) is 6.28. The molecule has 0 amide bonds. The lowest BCUT2D eigenvalue weighted by Gasteiger charge is -2.20. The lowest BCUT2D eigenvalue weighted by molar-refractivity contribution is 0.173. The third kappa shape index (κ3) is 1.36. The van der Waals surface area contributed by atoms with E-state index in [1.807, 2.05) is 0 Å². The molecule has 0 saturated heterocycles. The van der Waals surface area contributed by atoms with E-state index in [-0.39, 0.29) is 11.5 Å². The van der Waals surface area contributed by atoms with Gasteiger partial charge in [0.2, 0.25) is 6.79 Å². The molecule has 2 N–H and O–H groups in total. The van der Waals surface area contributed by atoms with E-state index in [9.17, 15) is 0 Å². The number of fused-ring (bicyclic) bond motifs is 1. The highest BCUT2D eigenvalue weighted by atomic mass is 79.9. The summed E-state index contributed by atoms with van der Waals surface area (Å²) in [5, 5.41) is 0. The van der Waals surface area contributed by atoms with Crippen LogP contribution in [0.1, 0.15) is 25.3 Å². The standard InChI is InChI=1S/C12H14BrNO2/c1-7(14)12(2-3-12)8-4-9(13)11-10(5-8)15-6-16-11/h4-5,7H,2-3,6,14H2,1H3. The normalized spacial score (nSPS) is 21.9. The van der Waals surface area contributed by atoms with Crippen LogP contribution in [0.5, 0.6) is 11.5 Å². The summed E-state index contributed by atoms with van der Waals surface area (Å²) in [6.45, 7) is 2.38. The van der Waals surface area contributed by atoms with Gasteiger partial charge in [-0.15, -0.1) is 0 Å². The van der Waals surface area contributed by atoms with E-state index in [0.29, 0.717) is 6.79 Å². The van der Waals surface area contributed by atoms with Gasteiger partial charge in [-0.3, -0.25) is 0 Å². The Hall–Kier alpha value is -0.740. The van der Waals surface area contributed by atoms with Crippen molar-refractivity contribution in [1.82, 2.24) is 0 Å². The van der Waals surface area contributed by atoms with Gasteiger partial charge in [0.05, 0.1) is 4.47 Å². The first-order valence-electron chi connectivity index (χ1n) is 5.49. The summed E-state index contributed by atoms with van der Waals surface area (Å²) >= 11 is 3.52. The Bertz CT molecular complexity index is 441. The van der Waals surface area contributed by atoms with Crippen LogP contribution in [0, 0.1) is 0 Å². The van der Waals surface area contributed by atoms with Gasteiger partial charge in [0.1, 0.15) is 0 Å². The van der Waals surface area contributed by atoms with Crippen molar-refractivity contribution < 1.29 is 9.47 Å². The maximum Gasteiger partial charge on any atom is 0.231 e. The van der Waals surface area contributed by atoms with Crippen molar-refractivity contribution in [3.8, 4) is 11.5 Å². The predicted molar refractivity (Wildman–Crippen MR) is 64.8 cm³/mol. The predicted octanol–water partition coefficient (Wildman–Crippen LogP) is 2.56. The van der Waals surface area contributed by atoms with Gasteiger partial charge >= 0.3 is 0 Å². The van der Waals surface area contributed by atoms with Crippen molar-refractivity contribution in [2.45, 2.75) is 31.2 Å². The summed E-state index contributed by atoms with van der Waals surface area (Å²) in [5.41, 5.74) is 7.49. The summed E-state index contributed by atoms with van der Waals surface area (Å²) in [5.74, 6) is 1.64. The van der Waals surface area contributed by atoms with Crippen molar-refractivity contribution in [3.05, 3.63) is 22.2 Å². The lowest BCUT2D eigenvalue weighted by atomic mass is 9.89. The molecule has 0 radical (unpaired) electrons. The molecule has 3 nitrogen and oxygen atoms in total. The summed E-state index contributed by atoms with van der Waals surface area (Å²) in [6.07, 6.45) is 2.33. The molecule has 3 rings (SSSR count). The highest BCUT2D eigenvalue weighted by Gasteiger charge is 2.48. The van der Waals surface area contributed by atoms with Gasteiger partial charge in [-0.25, -0.2) is 0 Å². The molecule has 86 valence electrons. The fourth-order valence-corrected chi connectivity index (χ4v) is 2.95. The smallest absolute Gasteiger partial charge is 0.231 e. The molecule has 1 aliphatic heterocycles. The van der Waals surface area contributed by atoms with E-state index >= 15 is 0 Å². The summed E-state index contributed by atoms with van der Waals surface area (Å²) in [4.78, 5) is 0. The Morgan fingerprint density at radius 1 is 1.38 bits per heavy atom. The topological polar surface area (TPSA) is 44.5 Å². The number of halogens is 1. The highest BCUT2D eigenvalue weighted by Crippen LogP contribution is 2.53. The van der Waals surface area contributed by atoms with E-state index in [1.165, 1.54) is 5.56 Å². The van der Waals surface area contributed by atoms with E-state index in [2.05, 4.69) is 35.0 Å². The molecule has 1 atom stereocenters. The number of nitrogens with two attached hydrogens (primary N) is 1. The Morgan fingerprint density at radius 3 is 2.75 bits per heavy atom. The second kappa shape index (κ2) is 3.37. The minimum absolute atomic E-state index is 0.156. The van der Waals surface area contributed by atoms with E-state index < -0.39 is 0 Å². The van der Waals surface area contributed by atoms with Crippen molar-refractivity contribution in [1.29, 1.82) is 0 Å². The van der Waals surface area contributed by atoms with E-state index in [1.54, 1.807) is 0 Å². The number of hydrogen-bond acceptors (Lipinski definition) is 3. The van der Waals surface area contributed by atoms with Crippen LogP contribution >= 0.6 is 15.9 Å². The zero-order valence-electron chi connectivity index (χ0n) is 9.13. The van der Waals surface area contributed by atoms with Crippen LogP contribution in [0.3, 0.4) is 0 Å². The molecule has 1 unspecified atom stereocenters. The molecule has 4 heteroatoms. The average Bonchev–Trinajstić information content (AvgIpc) is 2.92. The van der Waals surface area contributed by atoms with Gasteiger partial charge in [-0.1, -0.05) is 0 Å². The fraction of sp³-hybridized carbons (Fsp3) is 0.500. The van der Waals surface area contributed by atoms with E-state index in [0.717, 1.165) is 28.8 Å². The van der Waals surface area contributed by atoms with Crippen LogP contribution in [-0.4, -0.2) is 12.8 Å². The third-order valence-corrected chi connectivity index (χ3v) is 4.25. The summed E-state index contributed by atoms with van der Waals surface area (Å²) < 4.78 is 11.8. The van der Waals surface area contributed by atoms with Gasteiger partial charge in [0.25, 0.3) is 0 Å². The van der Waals surface area contributed by atoms with Crippen LogP contribution in [0.25, 0.3) is 0 Å². The summed E-state index contributed by atoms with van der Waals surface area (Å²) in [7, 11) is 0. The van der Waals surface area contributed by atoms with Crippen molar-refractivity contribution in [3.63, 3.8) is 0 Å². The lowest BCUT2D eigenvalue weighted by Crippen LogP contribution is -2.31. The molecule has 2 aliphatic rings. The average molecular weight is 284 g/mol. The molecule has 0 bridgehead atoms. The molecule has 1 fully saturated rings. The quantitative estimate of drug-likeness (QED) is 0.907. The van der Waals surface area contributed by atoms with Crippen molar-refractivity contribution >= 4 is 15.9 Å². The molecule has 1 aromatic rings. The number of hydrogen-bond donors (Lipinski definition) is 1. The summed E-state index contributed by atoms with van der Waals surface area (Å²) in [6, 6.07) is 4.37. The van der Waals surface area contributed by atoms with Crippen LogP contribution in [0.4, 0.5) is 0 Å². The van der Waals surface area contributed by atoms with Gasteiger partial charge in [0.15, 0.2) is 11.5 Å². The maximum atomic E-state index is 6.07. The molecular weight excluding hydrogens is 270 g/mol. The van der Waals surface area contributed by atoms with Crippen LogP contribution < -0.4 is 15.2 Å². The van der Waals surface area contributed by atoms with Crippen LogP contribution in [0.2, 0.25) is 0 Å². The zero-order chi connectivity index (χ0) is 11.3. The molecule has 1 saturated carbocycles. The van der Waals surface area contributed by atoms with Crippen LogP contribution in [-0.2, 0) is 5.41 Å². The maximum absolute atomic E-state index is 6.07. The van der Waals surface area contributed by atoms with E-state index in [4.69, 9.17) is 15.2 Å².